The van der Waals surface area contributed by atoms with Gasteiger partial charge in [-0.1, -0.05) is 0 Å². The largest absolute Gasteiger partial charge is 0.484 e. The number of hydrogen-bond donors (Lipinski definition) is 0. The predicted molar refractivity (Wildman–Crippen MR) is 64.8 cm³/mol. The average molecular weight is 244 g/mol. The van der Waals surface area contributed by atoms with Gasteiger partial charge in [0.15, 0.2) is 0 Å². The molecule has 0 bridgehead atoms. The molecule has 2 aliphatic rings. The maximum atomic E-state index is 11.2. The molecule has 1 saturated heterocycles. The van der Waals surface area contributed by atoms with E-state index in [9.17, 15) is 4.79 Å². The van der Waals surface area contributed by atoms with Crippen molar-refractivity contribution in [2.24, 2.45) is 0 Å². The molecule has 1 fully saturated rings. The summed E-state index contributed by atoms with van der Waals surface area (Å²) in [5.41, 5.74) is 0.912. The molecule has 0 N–H and O–H groups in total. The smallest absolute Gasteiger partial charge is 0.336 e. The molecule has 0 saturated carbocycles. The monoisotopic (exact) mass is 244 g/mol. The highest BCUT2D eigenvalue weighted by atomic mass is 16.6. The highest BCUT2D eigenvalue weighted by Crippen LogP contribution is 2.54. The van der Waals surface area contributed by atoms with Crippen LogP contribution in [0.3, 0.4) is 0 Å². The Morgan fingerprint density at radius 2 is 2.06 bits per heavy atom. The van der Waals surface area contributed by atoms with E-state index >= 15 is 0 Å². The molecular formula is C14H12O4. The van der Waals surface area contributed by atoms with E-state index in [1.165, 1.54) is 6.07 Å². The highest BCUT2D eigenvalue weighted by Gasteiger charge is 2.56. The van der Waals surface area contributed by atoms with E-state index in [0.29, 0.717) is 5.58 Å². The van der Waals surface area contributed by atoms with E-state index in [2.05, 4.69) is 0 Å². The molecule has 1 aromatic carbocycles. The average Bonchev–Trinajstić information content (AvgIpc) is 3.07. The minimum Gasteiger partial charge on any atom is -0.484 e. The van der Waals surface area contributed by atoms with Crippen molar-refractivity contribution >= 4 is 11.0 Å². The van der Waals surface area contributed by atoms with Crippen LogP contribution in [-0.2, 0) is 4.74 Å². The number of hydrogen-bond acceptors (Lipinski definition) is 4. The van der Waals surface area contributed by atoms with Crippen LogP contribution in [0.5, 0.6) is 5.75 Å². The predicted octanol–water partition coefficient (Wildman–Crippen LogP) is 2.40. The van der Waals surface area contributed by atoms with Crippen LogP contribution < -0.4 is 10.4 Å². The molecular weight excluding hydrogens is 232 g/mol. The summed E-state index contributed by atoms with van der Waals surface area (Å²) in [5, 5.41) is 0.894. The minimum atomic E-state index is -0.349. The molecule has 1 aromatic heterocycles. The number of fused-ring (bicyclic) bond motifs is 4. The van der Waals surface area contributed by atoms with Crippen LogP contribution in [0.4, 0.5) is 0 Å². The fraction of sp³-hybridized carbons (Fsp3) is 0.357. The van der Waals surface area contributed by atoms with Gasteiger partial charge in [0.25, 0.3) is 0 Å². The van der Waals surface area contributed by atoms with Crippen LogP contribution in [0.1, 0.15) is 25.5 Å². The van der Waals surface area contributed by atoms with E-state index in [1.807, 2.05) is 19.9 Å². The molecule has 0 amide bonds. The second-order valence-electron chi connectivity index (χ2n) is 5.37. The van der Waals surface area contributed by atoms with Gasteiger partial charge in [-0.2, -0.15) is 0 Å². The van der Waals surface area contributed by atoms with Crippen molar-refractivity contribution in [2.75, 3.05) is 0 Å². The summed E-state index contributed by atoms with van der Waals surface area (Å²) in [7, 11) is 0. The molecule has 4 nitrogen and oxygen atoms in total. The van der Waals surface area contributed by atoms with Crippen molar-refractivity contribution in [3.05, 3.63) is 40.2 Å². The molecule has 92 valence electrons. The Balaban J connectivity index is 1.97. The lowest BCUT2D eigenvalue weighted by Crippen LogP contribution is -2.37. The second kappa shape index (κ2) is 2.95. The Kier molecular flexibility index (Phi) is 1.66. The van der Waals surface area contributed by atoms with E-state index in [4.69, 9.17) is 13.9 Å². The number of ether oxygens (including phenoxy) is 2. The Morgan fingerprint density at radius 1 is 1.22 bits per heavy atom. The molecule has 3 heterocycles. The van der Waals surface area contributed by atoms with Crippen molar-refractivity contribution in [1.29, 1.82) is 0 Å². The molecule has 2 aromatic rings. The second-order valence-corrected chi connectivity index (χ2v) is 5.37. The fourth-order valence-corrected chi connectivity index (χ4v) is 2.64. The molecule has 0 spiro atoms. The summed E-state index contributed by atoms with van der Waals surface area (Å²) < 4.78 is 16.8. The normalized spacial score (nSPS) is 27.2. The van der Waals surface area contributed by atoms with Gasteiger partial charge in [-0.25, -0.2) is 4.79 Å². The van der Waals surface area contributed by atoms with E-state index < -0.39 is 0 Å². The lowest BCUT2D eigenvalue weighted by Gasteiger charge is -2.29. The fourth-order valence-electron chi connectivity index (χ4n) is 2.64. The zero-order valence-electron chi connectivity index (χ0n) is 10.1. The zero-order valence-corrected chi connectivity index (χ0v) is 10.1. The van der Waals surface area contributed by atoms with Crippen molar-refractivity contribution < 1.29 is 13.9 Å². The Hall–Kier alpha value is -1.81. The minimum absolute atomic E-state index is 0.111. The molecule has 0 unspecified atom stereocenters. The first kappa shape index (κ1) is 10.1. The van der Waals surface area contributed by atoms with Crippen LogP contribution in [0.25, 0.3) is 11.0 Å². The van der Waals surface area contributed by atoms with Gasteiger partial charge in [-0.15, -0.1) is 0 Å². The topological polar surface area (TPSA) is 52.0 Å². The van der Waals surface area contributed by atoms with Crippen LogP contribution in [0.15, 0.2) is 33.5 Å². The van der Waals surface area contributed by atoms with Gasteiger partial charge in [0.05, 0.1) is 0 Å². The quantitative estimate of drug-likeness (QED) is 0.527. The lowest BCUT2D eigenvalue weighted by molar-refractivity contribution is 0.0726. The first-order valence-corrected chi connectivity index (χ1v) is 5.97. The van der Waals surface area contributed by atoms with Gasteiger partial charge in [-0.3, -0.25) is 0 Å². The maximum absolute atomic E-state index is 11.2. The third-order valence-corrected chi connectivity index (χ3v) is 3.61. The SMILES string of the molecule is CC1(C)Oc2cc3oc(=O)ccc3cc2[C@H]2O[C@H]21. The maximum Gasteiger partial charge on any atom is 0.336 e. The standard InChI is InChI=1S/C14H12O4/c1-14(2)13-12(17-13)8-5-7-3-4-11(15)16-9(7)6-10(8)18-14/h3-6,12-13H,1-2H3/t12-,13-/m1/s1. The first-order valence-electron chi connectivity index (χ1n) is 5.97. The van der Waals surface area contributed by atoms with E-state index in [-0.39, 0.29) is 23.4 Å². The first-order chi connectivity index (χ1) is 8.54. The molecule has 4 rings (SSSR count). The summed E-state index contributed by atoms with van der Waals surface area (Å²) in [5.74, 6) is 0.751. The Labute approximate surface area is 103 Å². The summed E-state index contributed by atoms with van der Waals surface area (Å²) in [4.78, 5) is 11.2. The van der Waals surface area contributed by atoms with Gasteiger partial charge in [0.2, 0.25) is 0 Å². The summed E-state index contributed by atoms with van der Waals surface area (Å²) in [6.07, 6.45) is 0.234. The summed E-state index contributed by atoms with van der Waals surface area (Å²) in [6, 6.07) is 6.95. The van der Waals surface area contributed by atoms with Gasteiger partial charge >= 0.3 is 5.63 Å². The summed E-state index contributed by atoms with van der Waals surface area (Å²) >= 11 is 0. The van der Waals surface area contributed by atoms with Crippen LogP contribution in [0.2, 0.25) is 0 Å². The number of epoxide rings is 1. The van der Waals surface area contributed by atoms with Crippen molar-refractivity contribution in [1.82, 2.24) is 0 Å². The molecule has 2 atom stereocenters. The number of benzene rings is 1. The lowest BCUT2D eigenvalue weighted by atomic mass is 9.93. The Bertz CT molecular complexity index is 713. The highest BCUT2D eigenvalue weighted by molar-refractivity contribution is 5.80. The van der Waals surface area contributed by atoms with Crippen molar-refractivity contribution in [3.63, 3.8) is 0 Å². The van der Waals surface area contributed by atoms with Crippen molar-refractivity contribution in [3.8, 4) is 5.75 Å². The third kappa shape index (κ3) is 1.26. The van der Waals surface area contributed by atoms with Gasteiger partial charge in [0.1, 0.15) is 29.1 Å². The van der Waals surface area contributed by atoms with E-state index in [0.717, 1.165) is 16.7 Å². The molecule has 0 radical (unpaired) electrons. The Morgan fingerprint density at radius 3 is 2.89 bits per heavy atom. The van der Waals surface area contributed by atoms with Crippen LogP contribution in [-0.4, -0.2) is 11.7 Å². The van der Waals surface area contributed by atoms with E-state index in [1.54, 1.807) is 12.1 Å². The molecule has 0 aliphatic carbocycles. The molecule has 2 aliphatic heterocycles. The molecule has 18 heavy (non-hydrogen) atoms. The van der Waals surface area contributed by atoms with Crippen LogP contribution >= 0.6 is 0 Å². The van der Waals surface area contributed by atoms with Gasteiger partial charge in [-0.05, 0) is 26.0 Å². The number of rotatable bonds is 0. The molecule has 4 heteroatoms. The van der Waals surface area contributed by atoms with Gasteiger partial charge in [0, 0.05) is 23.1 Å². The van der Waals surface area contributed by atoms with Crippen molar-refractivity contribution in [2.45, 2.75) is 31.7 Å². The van der Waals surface area contributed by atoms with Gasteiger partial charge < -0.3 is 13.9 Å². The van der Waals surface area contributed by atoms with Crippen LogP contribution in [0, 0.1) is 0 Å². The third-order valence-electron chi connectivity index (χ3n) is 3.61. The summed E-state index contributed by atoms with van der Waals surface area (Å²) in [6.45, 7) is 4.01. The zero-order chi connectivity index (χ0) is 12.5.